The van der Waals surface area contributed by atoms with Gasteiger partial charge in [-0.05, 0) is 43.5 Å². The molecule has 0 unspecified atom stereocenters. The topological polar surface area (TPSA) is 75.4 Å². The van der Waals surface area contributed by atoms with Crippen LogP contribution < -0.4 is 5.32 Å². The van der Waals surface area contributed by atoms with Gasteiger partial charge in [-0.2, -0.15) is 0 Å². The molecule has 0 aliphatic heterocycles. The predicted molar refractivity (Wildman–Crippen MR) is 105 cm³/mol. The summed E-state index contributed by atoms with van der Waals surface area (Å²) in [5.41, 5.74) is 1.77. The van der Waals surface area contributed by atoms with Crippen molar-refractivity contribution in [3.05, 3.63) is 67.9 Å². The van der Waals surface area contributed by atoms with Gasteiger partial charge in [-0.25, -0.2) is 4.39 Å². The zero-order chi connectivity index (χ0) is 20.4. The number of carbonyl (C=O) groups excluding carboxylic acids is 2. The van der Waals surface area contributed by atoms with Crippen LogP contribution in [0.15, 0.2) is 34.2 Å². The number of anilines is 1. The van der Waals surface area contributed by atoms with Gasteiger partial charge in [0.15, 0.2) is 0 Å². The Kier molecular flexibility index (Phi) is 5.81. The predicted octanol–water partition coefficient (Wildman–Crippen LogP) is 4.67. The summed E-state index contributed by atoms with van der Waals surface area (Å²) in [6, 6.07) is 5.30. The van der Waals surface area contributed by atoms with E-state index < -0.39 is 17.6 Å². The maximum Gasteiger partial charge on any atom is 0.267 e. The Balaban J connectivity index is 1.79. The highest BCUT2D eigenvalue weighted by molar-refractivity contribution is 7.12. The second kappa shape index (κ2) is 8.12. The molecule has 2 amide bonds. The smallest absolute Gasteiger partial charge is 0.267 e. The molecule has 0 fully saturated rings. The van der Waals surface area contributed by atoms with Gasteiger partial charge in [0.25, 0.3) is 11.8 Å². The van der Waals surface area contributed by atoms with E-state index in [9.17, 15) is 14.0 Å². The number of aromatic nitrogens is 1. The first kappa shape index (κ1) is 20.0. The van der Waals surface area contributed by atoms with Gasteiger partial charge in [0.05, 0.1) is 17.3 Å². The van der Waals surface area contributed by atoms with Crippen molar-refractivity contribution in [3.63, 3.8) is 0 Å². The molecule has 6 nitrogen and oxygen atoms in total. The van der Waals surface area contributed by atoms with E-state index in [4.69, 9.17) is 16.1 Å². The molecule has 0 atom stereocenters. The van der Waals surface area contributed by atoms with E-state index in [0.29, 0.717) is 21.4 Å². The number of nitrogens with one attached hydrogen (secondary N) is 1. The Labute approximate surface area is 169 Å². The molecular formula is C19H17ClFN3O3S. The molecular weight excluding hydrogens is 405 g/mol. The summed E-state index contributed by atoms with van der Waals surface area (Å²) >= 11 is 7.12. The third kappa shape index (κ3) is 4.23. The van der Waals surface area contributed by atoms with Crippen LogP contribution in [0.3, 0.4) is 0 Å². The largest absolute Gasteiger partial charge is 0.361 e. The van der Waals surface area contributed by atoms with Gasteiger partial charge in [0, 0.05) is 23.9 Å². The van der Waals surface area contributed by atoms with Gasteiger partial charge >= 0.3 is 0 Å². The molecule has 0 aliphatic carbocycles. The van der Waals surface area contributed by atoms with E-state index in [1.807, 2.05) is 0 Å². The van der Waals surface area contributed by atoms with E-state index in [2.05, 4.69) is 10.5 Å². The average Bonchev–Trinajstić information content (AvgIpc) is 3.20. The van der Waals surface area contributed by atoms with Crippen molar-refractivity contribution >= 4 is 40.4 Å². The quantitative estimate of drug-likeness (QED) is 0.649. The summed E-state index contributed by atoms with van der Waals surface area (Å²) in [6.45, 7) is 3.82. The fourth-order valence-corrected chi connectivity index (χ4v) is 3.72. The van der Waals surface area contributed by atoms with Crippen molar-refractivity contribution < 1.29 is 18.5 Å². The Bertz CT molecular complexity index is 1030. The van der Waals surface area contributed by atoms with Gasteiger partial charge in [0.2, 0.25) is 0 Å². The van der Waals surface area contributed by atoms with E-state index in [-0.39, 0.29) is 17.8 Å². The first-order valence-electron chi connectivity index (χ1n) is 8.28. The van der Waals surface area contributed by atoms with Gasteiger partial charge in [-0.15, -0.1) is 11.3 Å². The maximum absolute atomic E-state index is 14.1. The third-order valence-corrected chi connectivity index (χ3v) is 5.49. The number of aryl methyl sites for hydroxylation is 2. The Morgan fingerprint density at radius 2 is 2.07 bits per heavy atom. The lowest BCUT2D eigenvalue weighted by Gasteiger charge is -2.18. The van der Waals surface area contributed by atoms with Crippen LogP contribution >= 0.6 is 22.9 Å². The minimum Gasteiger partial charge on any atom is -0.361 e. The molecule has 1 aromatic carbocycles. The van der Waals surface area contributed by atoms with Crippen LogP contribution in [0.1, 0.15) is 37.0 Å². The first-order chi connectivity index (χ1) is 13.3. The number of hydrogen-bond donors (Lipinski definition) is 1. The minimum atomic E-state index is -0.635. The zero-order valence-corrected chi connectivity index (χ0v) is 16.9. The molecule has 2 heterocycles. The van der Waals surface area contributed by atoms with Crippen LogP contribution in [0.5, 0.6) is 0 Å². The maximum atomic E-state index is 14.1. The van der Waals surface area contributed by atoms with Crippen molar-refractivity contribution in [1.82, 2.24) is 10.1 Å². The van der Waals surface area contributed by atoms with Crippen LogP contribution in [-0.4, -0.2) is 28.9 Å². The lowest BCUT2D eigenvalue weighted by atomic mass is 10.1. The van der Waals surface area contributed by atoms with Gasteiger partial charge in [-0.3, -0.25) is 9.59 Å². The highest BCUT2D eigenvalue weighted by Crippen LogP contribution is 2.24. The SMILES string of the molecule is Cc1noc(C)c1CN(C)C(=O)c1cc(F)cc(NC(=O)c2sccc2Cl)c1. The summed E-state index contributed by atoms with van der Waals surface area (Å²) in [5.74, 6) is -0.876. The first-order valence-corrected chi connectivity index (χ1v) is 9.54. The monoisotopic (exact) mass is 421 g/mol. The summed E-state index contributed by atoms with van der Waals surface area (Å²) < 4.78 is 19.2. The zero-order valence-electron chi connectivity index (χ0n) is 15.4. The molecule has 28 heavy (non-hydrogen) atoms. The standard InChI is InChI=1S/C19H17ClFN3O3S/c1-10-15(11(2)27-23-10)9-24(3)19(26)12-6-13(21)8-14(7-12)22-18(25)17-16(20)4-5-28-17/h4-8H,9H2,1-3H3,(H,22,25). The fraction of sp³-hybridized carbons (Fsp3) is 0.211. The van der Waals surface area contributed by atoms with Crippen molar-refractivity contribution in [2.45, 2.75) is 20.4 Å². The third-order valence-electron chi connectivity index (χ3n) is 4.15. The van der Waals surface area contributed by atoms with Crippen molar-refractivity contribution in [3.8, 4) is 0 Å². The fourth-order valence-electron chi connectivity index (χ4n) is 2.69. The number of hydrogen-bond acceptors (Lipinski definition) is 5. The normalized spacial score (nSPS) is 10.8. The Morgan fingerprint density at radius 1 is 1.32 bits per heavy atom. The molecule has 146 valence electrons. The van der Waals surface area contributed by atoms with E-state index in [0.717, 1.165) is 17.7 Å². The van der Waals surface area contributed by atoms with Gasteiger partial charge in [-0.1, -0.05) is 16.8 Å². The van der Waals surface area contributed by atoms with Crippen molar-refractivity contribution in [2.24, 2.45) is 0 Å². The molecule has 0 saturated heterocycles. The molecule has 3 rings (SSSR count). The molecule has 9 heteroatoms. The van der Waals surface area contributed by atoms with Crippen LogP contribution in [0.25, 0.3) is 0 Å². The number of amides is 2. The second-order valence-electron chi connectivity index (χ2n) is 6.24. The van der Waals surface area contributed by atoms with Crippen molar-refractivity contribution in [1.29, 1.82) is 0 Å². The second-order valence-corrected chi connectivity index (χ2v) is 7.57. The Morgan fingerprint density at radius 3 is 2.68 bits per heavy atom. The summed E-state index contributed by atoms with van der Waals surface area (Å²) in [5, 5.41) is 8.43. The number of nitrogens with zero attached hydrogens (tertiary/aromatic N) is 2. The van der Waals surface area contributed by atoms with Crippen LogP contribution in [0.2, 0.25) is 5.02 Å². The Hall–Kier alpha value is -2.71. The highest BCUT2D eigenvalue weighted by atomic mass is 35.5. The number of halogens is 2. The minimum absolute atomic E-state index is 0.113. The number of thiophene rings is 1. The van der Waals surface area contributed by atoms with Gasteiger partial charge in [0.1, 0.15) is 16.5 Å². The molecule has 0 aliphatic rings. The molecule has 1 N–H and O–H groups in total. The molecule has 0 spiro atoms. The molecule has 0 radical (unpaired) electrons. The summed E-state index contributed by atoms with van der Waals surface area (Å²) in [6.07, 6.45) is 0. The number of rotatable bonds is 5. The highest BCUT2D eigenvalue weighted by Gasteiger charge is 2.19. The van der Waals surface area contributed by atoms with Crippen LogP contribution in [0, 0.1) is 19.7 Å². The van der Waals surface area contributed by atoms with E-state index in [1.165, 1.54) is 22.3 Å². The summed E-state index contributed by atoms with van der Waals surface area (Å²) in [7, 11) is 1.60. The van der Waals surface area contributed by atoms with E-state index in [1.54, 1.807) is 32.3 Å². The molecule has 2 aromatic heterocycles. The van der Waals surface area contributed by atoms with Crippen molar-refractivity contribution in [2.75, 3.05) is 12.4 Å². The average molecular weight is 422 g/mol. The molecule has 3 aromatic rings. The lowest BCUT2D eigenvalue weighted by molar-refractivity contribution is 0.0783. The molecule has 0 bridgehead atoms. The number of carbonyl (C=O) groups is 2. The molecule has 0 saturated carbocycles. The van der Waals surface area contributed by atoms with Gasteiger partial charge < -0.3 is 14.7 Å². The van der Waals surface area contributed by atoms with Crippen LogP contribution in [0.4, 0.5) is 10.1 Å². The van der Waals surface area contributed by atoms with E-state index >= 15 is 0 Å². The lowest BCUT2D eigenvalue weighted by Crippen LogP contribution is -2.27. The van der Waals surface area contributed by atoms with Crippen LogP contribution in [-0.2, 0) is 6.54 Å². The number of benzene rings is 1. The summed E-state index contributed by atoms with van der Waals surface area (Å²) in [4.78, 5) is 26.8.